The summed E-state index contributed by atoms with van der Waals surface area (Å²) in [5, 5.41) is 3.74. The third-order valence-corrected chi connectivity index (χ3v) is 4.98. The summed E-state index contributed by atoms with van der Waals surface area (Å²) in [7, 11) is 0. The highest BCUT2D eigenvalue weighted by molar-refractivity contribution is 8.00. The number of thioether (sulfide) groups is 1. The van der Waals surface area contributed by atoms with Gasteiger partial charge < -0.3 is 10.2 Å². The van der Waals surface area contributed by atoms with Crippen LogP contribution in [0.25, 0.3) is 0 Å². The van der Waals surface area contributed by atoms with E-state index in [-0.39, 0.29) is 5.25 Å². The summed E-state index contributed by atoms with van der Waals surface area (Å²) in [5.74, 6) is 1.56. The molecule has 17 heavy (non-hydrogen) atoms. The monoisotopic (exact) mass is 256 g/mol. The molecular formula is C13H24N2OS. The molecule has 1 amide bonds. The zero-order valence-electron chi connectivity index (χ0n) is 10.8. The van der Waals surface area contributed by atoms with Crippen molar-refractivity contribution in [2.75, 3.05) is 25.4 Å². The van der Waals surface area contributed by atoms with Crippen LogP contribution in [0.5, 0.6) is 0 Å². The SMILES string of the molecule is CCCN(CC1CCCN1)C(=O)C1CCCS1. The van der Waals surface area contributed by atoms with Gasteiger partial charge in [0, 0.05) is 19.1 Å². The summed E-state index contributed by atoms with van der Waals surface area (Å²) >= 11 is 1.85. The van der Waals surface area contributed by atoms with E-state index in [0.717, 1.165) is 38.2 Å². The third-order valence-electron chi connectivity index (χ3n) is 3.61. The number of carbonyl (C=O) groups is 1. The number of amides is 1. The van der Waals surface area contributed by atoms with Gasteiger partial charge in [-0.3, -0.25) is 4.79 Å². The number of hydrogen-bond acceptors (Lipinski definition) is 3. The first kappa shape index (κ1) is 13.2. The lowest BCUT2D eigenvalue weighted by molar-refractivity contribution is -0.131. The van der Waals surface area contributed by atoms with Gasteiger partial charge in [0.15, 0.2) is 0 Å². The molecule has 0 aromatic heterocycles. The lowest BCUT2D eigenvalue weighted by atomic mass is 10.2. The molecule has 0 aromatic carbocycles. The number of rotatable bonds is 5. The van der Waals surface area contributed by atoms with Gasteiger partial charge in [-0.05, 0) is 44.4 Å². The van der Waals surface area contributed by atoms with Crippen molar-refractivity contribution in [2.45, 2.75) is 50.3 Å². The minimum Gasteiger partial charge on any atom is -0.340 e. The second-order valence-corrected chi connectivity index (χ2v) is 6.39. The van der Waals surface area contributed by atoms with Crippen molar-refractivity contribution >= 4 is 17.7 Å². The standard InChI is InChI=1S/C13H24N2OS/c1-2-8-15(10-11-5-3-7-14-11)13(16)12-6-4-9-17-12/h11-12,14H,2-10H2,1H3. The maximum absolute atomic E-state index is 12.4. The highest BCUT2D eigenvalue weighted by Gasteiger charge is 2.29. The summed E-state index contributed by atoms with van der Waals surface area (Å²) in [4.78, 5) is 14.5. The van der Waals surface area contributed by atoms with Crippen LogP contribution >= 0.6 is 11.8 Å². The van der Waals surface area contributed by atoms with E-state index in [1.807, 2.05) is 11.8 Å². The molecule has 0 aliphatic carbocycles. The molecule has 4 heteroatoms. The average molecular weight is 256 g/mol. The maximum atomic E-state index is 12.4. The molecule has 0 bridgehead atoms. The van der Waals surface area contributed by atoms with Gasteiger partial charge in [0.1, 0.15) is 0 Å². The zero-order chi connectivity index (χ0) is 12.1. The summed E-state index contributed by atoms with van der Waals surface area (Å²) in [6, 6.07) is 0.539. The van der Waals surface area contributed by atoms with E-state index in [0.29, 0.717) is 11.9 Å². The molecule has 2 heterocycles. The molecule has 2 aliphatic heterocycles. The smallest absolute Gasteiger partial charge is 0.235 e. The van der Waals surface area contributed by atoms with Crippen molar-refractivity contribution in [3.05, 3.63) is 0 Å². The number of nitrogens with one attached hydrogen (secondary N) is 1. The quantitative estimate of drug-likeness (QED) is 0.815. The van der Waals surface area contributed by atoms with Gasteiger partial charge in [-0.15, -0.1) is 11.8 Å². The van der Waals surface area contributed by atoms with Crippen molar-refractivity contribution in [2.24, 2.45) is 0 Å². The molecule has 2 fully saturated rings. The average Bonchev–Trinajstić information content (AvgIpc) is 3.00. The second kappa shape index (κ2) is 6.64. The molecule has 2 unspecified atom stereocenters. The molecule has 2 rings (SSSR count). The lowest BCUT2D eigenvalue weighted by Gasteiger charge is -2.27. The first-order valence-electron chi connectivity index (χ1n) is 6.95. The van der Waals surface area contributed by atoms with Crippen LogP contribution < -0.4 is 5.32 Å². The Balaban J connectivity index is 1.87. The fourth-order valence-electron chi connectivity index (χ4n) is 2.72. The highest BCUT2D eigenvalue weighted by Crippen LogP contribution is 2.28. The van der Waals surface area contributed by atoms with Gasteiger partial charge in [-0.25, -0.2) is 0 Å². The van der Waals surface area contributed by atoms with Crippen molar-refractivity contribution in [1.29, 1.82) is 0 Å². The normalized spacial score (nSPS) is 28.5. The molecule has 1 N–H and O–H groups in total. The van der Waals surface area contributed by atoms with Crippen LogP contribution in [0.15, 0.2) is 0 Å². The number of carbonyl (C=O) groups excluding carboxylic acids is 1. The van der Waals surface area contributed by atoms with Crippen LogP contribution in [0.2, 0.25) is 0 Å². The lowest BCUT2D eigenvalue weighted by Crippen LogP contribution is -2.44. The summed E-state index contributed by atoms with van der Waals surface area (Å²) in [6.07, 6.45) is 5.85. The minimum absolute atomic E-state index is 0.253. The Morgan fingerprint density at radius 3 is 2.88 bits per heavy atom. The molecule has 98 valence electrons. The summed E-state index contributed by atoms with van der Waals surface area (Å²) in [6.45, 7) is 5.12. The molecule has 0 spiro atoms. The Bertz CT molecular complexity index is 248. The second-order valence-electron chi connectivity index (χ2n) is 5.08. The van der Waals surface area contributed by atoms with Crippen LogP contribution in [-0.2, 0) is 4.79 Å². The molecule has 3 nitrogen and oxygen atoms in total. The minimum atomic E-state index is 0.253. The van der Waals surface area contributed by atoms with E-state index in [1.54, 1.807) is 0 Å². The van der Waals surface area contributed by atoms with Gasteiger partial charge in [-0.1, -0.05) is 6.92 Å². The van der Waals surface area contributed by atoms with E-state index in [1.165, 1.54) is 19.3 Å². The molecular weight excluding hydrogens is 232 g/mol. The van der Waals surface area contributed by atoms with E-state index < -0.39 is 0 Å². The maximum Gasteiger partial charge on any atom is 0.235 e. The fourth-order valence-corrected chi connectivity index (χ4v) is 3.96. The molecule has 2 aliphatic rings. The summed E-state index contributed by atoms with van der Waals surface area (Å²) in [5.41, 5.74) is 0. The van der Waals surface area contributed by atoms with Gasteiger partial charge in [-0.2, -0.15) is 0 Å². The van der Waals surface area contributed by atoms with E-state index in [4.69, 9.17) is 0 Å². The molecule has 2 atom stereocenters. The Kier molecular flexibility index (Phi) is 5.16. The predicted octanol–water partition coefficient (Wildman–Crippen LogP) is 1.87. The topological polar surface area (TPSA) is 32.3 Å². The van der Waals surface area contributed by atoms with Crippen LogP contribution in [0.4, 0.5) is 0 Å². The highest BCUT2D eigenvalue weighted by atomic mass is 32.2. The van der Waals surface area contributed by atoms with Crippen molar-refractivity contribution < 1.29 is 4.79 Å². The Morgan fingerprint density at radius 1 is 1.41 bits per heavy atom. The Morgan fingerprint density at radius 2 is 2.29 bits per heavy atom. The molecule has 2 saturated heterocycles. The third kappa shape index (κ3) is 3.62. The van der Waals surface area contributed by atoms with E-state index >= 15 is 0 Å². The number of nitrogens with zero attached hydrogens (tertiary/aromatic N) is 1. The van der Waals surface area contributed by atoms with Gasteiger partial charge in [0.2, 0.25) is 5.91 Å². The van der Waals surface area contributed by atoms with Crippen LogP contribution in [0.1, 0.15) is 39.0 Å². The number of hydrogen-bond donors (Lipinski definition) is 1. The molecule has 0 saturated carbocycles. The first-order chi connectivity index (χ1) is 8.31. The van der Waals surface area contributed by atoms with Crippen LogP contribution in [0.3, 0.4) is 0 Å². The van der Waals surface area contributed by atoms with E-state index in [9.17, 15) is 4.79 Å². The van der Waals surface area contributed by atoms with Gasteiger partial charge >= 0.3 is 0 Å². The Labute approximate surface area is 109 Å². The van der Waals surface area contributed by atoms with Crippen LogP contribution in [0, 0.1) is 0 Å². The van der Waals surface area contributed by atoms with Gasteiger partial charge in [0.05, 0.1) is 5.25 Å². The largest absolute Gasteiger partial charge is 0.340 e. The van der Waals surface area contributed by atoms with Crippen molar-refractivity contribution in [3.63, 3.8) is 0 Å². The Hall–Kier alpha value is -0.220. The molecule has 0 aromatic rings. The zero-order valence-corrected chi connectivity index (χ0v) is 11.6. The van der Waals surface area contributed by atoms with Gasteiger partial charge in [0.25, 0.3) is 0 Å². The first-order valence-corrected chi connectivity index (χ1v) is 8.00. The molecule has 0 radical (unpaired) electrons. The summed E-state index contributed by atoms with van der Waals surface area (Å²) < 4.78 is 0. The van der Waals surface area contributed by atoms with Crippen molar-refractivity contribution in [3.8, 4) is 0 Å². The predicted molar refractivity (Wildman–Crippen MR) is 73.4 cm³/mol. The fraction of sp³-hybridized carbons (Fsp3) is 0.923. The van der Waals surface area contributed by atoms with Crippen molar-refractivity contribution in [1.82, 2.24) is 10.2 Å². The van der Waals surface area contributed by atoms with Crippen LogP contribution in [-0.4, -0.2) is 47.5 Å². The van der Waals surface area contributed by atoms with E-state index in [2.05, 4.69) is 17.1 Å².